The largest absolute Gasteiger partial charge is 0.466 e. The number of nitrogens with zero attached hydrogens (tertiary/aromatic N) is 1. The van der Waals surface area contributed by atoms with Crippen molar-refractivity contribution in [2.24, 2.45) is 11.8 Å². The van der Waals surface area contributed by atoms with Crippen molar-refractivity contribution in [1.29, 1.82) is 0 Å². The Hall–Kier alpha value is -2.45. The third-order valence-corrected chi connectivity index (χ3v) is 6.93. The number of hydrogen-bond donors (Lipinski definition) is 2. The van der Waals surface area contributed by atoms with Gasteiger partial charge in [0.15, 0.2) is 0 Å². The quantitative estimate of drug-likeness (QED) is 0.597. The van der Waals surface area contributed by atoms with Crippen LogP contribution in [-0.4, -0.2) is 64.8 Å². The minimum Gasteiger partial charge on any atom is -0.466 e. The summed E-state index contributed by atoms with van der Waals surface area (Å²) in [5, 5.41) is 12.9. The van der Waals surface area contributed by atoms with E-state index in [2.05, 4.69) is 5.32 Å². The average Bonchev–Trinajstić information content (AvgIpc) is 3.42. The van der Waals surface area contributed by atoms with Gasteiger partial charge in [-0.15, -0.1) is 0 Å². The monoisotopic (exact) mass is 430 g/mol. The Labute approximate surface area is 181 Å². The molecular formula is C23H30N2O6. The smallest absolute Gasteiger partial charge is 0.312 e. The number of nitrogens with one attached hydrogen (secondary N) is 1. The van der Waals surface area contributed by atoms with Crippen LogP contribution in [-0.2, 0) is 30.4 Å². The molecule has 2 unspecified atom stereocenters. The Bertz CT molecular complexity index is 842. The lowest BCUT2D eigenvalue weighted by Crippen LogP contribution is -2.57. The average molecular weight is 431 g/mol. The summed E-state index contributed by atoms with van der Waals surface area (Å²) in [5.74, 6) is -2.56. The molecule has 0 saturated carbocycles. The molecule has 3 aliphatic heterocycles. The second-order valence-electron chi connectivity index (χ2n) is 8.50. The summed E-state index contributed by atoms with van der Waals surface area (Å²) in [4.78, 5) is 41.2. The van der Waals surface area contributed by atoms with Crippen LogP contribution in [0.3, 0.4) is 0 Å². The van der Waals surface area contributed by atoms with Crippen molar-refractivity contribution in [1.82, 2.24) is 10.2 Å². The van der Waals surface area contributed by atoms with E-state index in [1.54, 1.807) is 6.92 Å². The molecule has 31 heavy (non-hydrogen) atoms. The molecule has 1 spiro atoms. The van der Waals surface area contributed by atoms with Gasteiger partial charge in [0, 0.05) is 6.54 Å². The zero-order valence-corrected chi connectivity index (χ0v) is 18.0. The zero-order chi connectivity index (χ0) is 22.2. The molecule has 3 heterocycles. The number of likely N-dealkylation sites (tertiary alicyclic amines) is 1. The molecule has 2 N–H and O–H groups in total. The lowest BCUT2D eigenvalue weighted by atomic mass is 9.71. The van der Waals surface area contributed by atoms with E-state index < -0.39 is 41.6 Å². The fraction of sp³-hybridized carbons (Fsp3) is 0.609. The van der Waals surface area contributed by atoms with Gasteiger partial charge in [0.2, 0.25) is 11.8 Å². The van der Waals surface area contributed by atoms with Crippen molar-refractivity contribution in [3.63, 3.8) is 0 Å². The van der Waals surface area contributed by atoms with Gasteiger partial charge in [-0.2, -0.15) is 0 Å². The van der Waals surface area contributed by atoms with Gasteiger partial charge in [-0.05, 0) is 31.7 Å². The van der Waals surface area contributed by atoms with Crippen LogP contribution in [0.4, 0.5) is 0 Å². The minimum atomic E-state index is -1.07. The van der Waals surface area contributed by atoms with Crippen molar-refractivity contribution in [3.8, 4) is 0 Å². The molecular weight excluding hydrogens is 400 g/mol. The summed E-state index contributed by atoms with van der Waals surface area (Å²) in [6.45, 7) is 3.86. The molecule has 1 aromatic rings. The lowest BCUT2D eigenvalue weighted by Gasteiger charge is -2.36. The Morgan fingerprint density at radius 1 is 1.32 bits per heavy atom. The number of rotatable bonds is 8. The second-order valence-corrected chi connectivity index (χ2v) is 8.50. The maximum atomic E-state index is 13.6. The summed E-state index contributed by atoms with van der Waals surface area (Å²) in [6, 6.07) is 8.10. The number of amides is 2. The summed E-state index contributed by atoms with van der Waals surface area (Å²) in [6.07, 6.45) is 1.18. The molecule has 3 aliphatic rings. The van der Waals surface area contributed by atoms with Crippen LogP contribution in [0.1, 0.15) is 38.7 Å². The van der Waals surface area contributed by atoms with Crippen LogP contribution in [0.15, 0.2) is 30.3 Å². The highest BCUT2D eigenvalue weighted by Crippen LogP contribution is 2.59. The highest BCUT2D eigenvalue weighted by Gasteiger charge is 2.75. The van der Waals surface area contributed by atoms with Crippen LogP contribution < -0.4 is 5.32 Å². The van der Waals surface area contributed by atoms with Crippen LogP contribution in [0.2, 0.25) is 0 Å². The van der Waals surface area contributed by atoms with Crippen LogP contribution in [0.25, 0.3) is 0 Å². The van der Waals surface area contributed by atoms with Crippen LogP contribution >= 0.6 is 0 Å². The van der Waals surface area contributed by atoms with Crippen molar-refractivity contribution in [2.75, 3.05) is 13.2 Å². The standard InChI is InChI=1S/C23H30N2O6/c1-3-15(13-26)25-19(20(27)24-12-14-8-6-5-7-9-14)23-11-10-16(31-23)17(18(23)21(25)28)22(29)30-4-2/h5-9,15-19,26H,3-4,10-13H2,1-2H3,(H,24,27)/t15-,16-,17+,18-,19?,23?/m0/s1. The van der Waals surface area contributed by atoms with E-state index in [0.717, 1.165) is 5.56 Å². The first-order chi connectivity index (χ1) is 15.0. The van der Waals surface area contributed by atoms with Crippen molar-refractivity contribution in [2.45, 2.75) is 63.4 Å². The Balaban J connectivity index is 1.66. The molecule has 0 aromatic heterocycles. The molecule has 168 valence electrons. The van der Waals surface area contributed by atoms with Gasteiger partial charge in [0.1, 0.15) is 11.6 Å². The number of hydrogen-bond acceptors (Lipinski definition) is 6. The molecule has 2 amide bonds. The number of fused-ring (bicyclic) bond motifs is 1. The summed E-state index contributed by atoms with van der Waals surface area (Å²) in [7, 11) is 0. The molecule has 8 nitrogen and oxygen atoms in total. The normalized spacial score (nSPS) is 32.1. The number of ether oxygens (including phenoxy) is 2. The fourth-order valence-electron chi connectivity index (χ4n) is 5.59. The van der Waals surface area contributed by atoms with Gasteiger partial charge in [0.05, 0.1) is 37.2 Å². The van der Waals surface area contributed by atoms with Gasteiger partial charge in [-0.3, -0.25) is 14.4 Å². The Morgan fingerprint density at radius 2 is 2.06 bits per heavy atom. The molecule has 3 fully saturated rings. The highest BCUT2D eigenvalue weighted by molar-refractivity contribution is 5.98. The number of esters is 1. The minimum absolute atomic E-state index is 0.217. The molecule has 0 aliphatic carbocycles. The van der Waals surface area contributed by atoms with Gasteiger partial charge in [0.25, 0.3) is 0 Å². The van der Waals surface area contributed by atoms with Crippen molar-refractivity contribution in [3.05, 3.63) is 35.9 Å². The molecule has 1 aromatic carbocycles. The molecule has 3 saturated heterocycles. The Kier molecular flexibility index (Phi) is 6.03. The fourth-order valence-corrected chi connectivity index (χ4v) is 5.59. The SMILES string of the molecule is CCOC(=O)[C@@H]1[C@@H]2CCC3(O2)C(C(=O)NCc2ccccc2)N([C@@H](CC)CO)C(=O)[C@H]13. The van der Waals surface area contributed by atoms with Gasteiger partial charge in [-0.1, -0.05) is 37.3 Å². The topological polar surface area (TPSA) is 105 Å². The number of carbonyl (C=O) groups excluding carboxylic acids is 3. The van der Waals surface area contributed by atoms with E-state index in [1.807, 2.05) is 37.3 Å². The summed E-state index contributed by atoms with van der Waals surface area (Å²) in [5.41, 5.74) is -0.126. The van der Waals surface area contributed by atoms with Gasteiger partial charge < -0.3 is 24.8 Å². The molecule has 4 rings (SSSR count). The maximum Gasteiger partial charge on any atom is 0.312 e. The van der Waals surface area contributed by atoms with Crippen molar-refractivity contribution < 1.29 is 29.0 Å². The number of aliphatic hydroxyl groups is 1. The predicted molar refractivity (Wildman–Crippen MR) is 111 cm³/mol. The van der Waals surface area contributed by atoms with Crippen LogP contribution in [0, 0.1) is 11.8 Å². The molecule has 6 atom stereocenters. The predicted octanol–water partition coefficient (Wildman–Crippen LogP) is 1.01. The molecule has 8 heteroatoms. The molecule has 0 radical (unpaired) electrons. The van der Waals surface area contributed by atoms with Crippen LogP contribution in [0.5, 0.6) is 0 Å². The summed E-state index contributed by atoms with van der Waals surface area (Å²) < 4.78 is 11.5. The Morgan fingerprint density at radius 3 is 2.71 bits per heavy atom. The third kappa shape index (κ3) is 3.42. The molecule has 2 bridgehead atoms. The first kappa shape index (κ1) is 21.8. The van der Waals surface area contributed by atoms with Gasteiger partial charge in [-0.25, -0.2) is 0 Å². The first-order valence-electron chi connectivity index (χ1n) is 11.1. The van der Waals surface area contributed by atoms with E-state index in [4.69, 9.17) is 9.47 Å². The number of aliphatic hydroxyl groups excluding tert-OH is 1. The van der Waals surface area contributed by atoms with E-state index in [0.29, 0.717) is 25.8 Å². The second kappa shape index (κ2) is 8.59. The first-order valence-corrected chi connectivity index (χ1v) is 11.1. The zero-order valence-electron chi connectivity index (χ0n) is 18.0. The number of carbonyl (C=O) groups is 3. The maximum absolute atomic E-state index is 13.6. The van der Waals surface area contributed by atoms with Gasteiger partial charge >= 0.3 is 5.97 Å². The highest BCUT2D eigenvalue weighted by atomic mass is 16.6. The van der Waals surface area contributed by atoms with Crippen molar-refractivity contribution >= 4 is 17.8 Å². The van der Waals surface area contributed by atoms with E-state index in [-0.39, 0.29) is 25.0 Å². The van der Waals surface area contributed by atoms with E-state index in [9.17, 15) is 19.5 Å². The number of benzene rings is 1. The van der Waals surface area contributed by atoms with E-state index in [1.165, 1.54) is 4.90 Å². The summed E-state index contributed by atoms with van der Waals surface area (Å²) >= 11 is 0. The third-order valence-electron chi connectivity index (χ3n) is 6.93. The van der Waals surface area contributed by atoms with E-state index >= 15 is 0 Å². The lowest BCUT2D eigenvalue weighted by molar-refractivity contribution is -0.155.